The minimum atomic E-state index is -0.473. The lowest BCUT2D eigenvalue weighted by Gasteiger charge is -2.18. The van der Waals surface area contributed by atoms with Crippen molar-refractivity contribution in [2.24, 2.45) is 5.92 Å². The average Bonchev–Trinajstić information content (AvgIpc) is 2.86. The van der Waals surface area contributed by atoms with Crippen LogP contribution in [0.25, 0.3) is 0 Å². The molecule has 102 valence electrons. The molecule has 1 aliphatic rings. The number of carbonyl (C=O) groups is 1. The first-order chi connectivity index (χ1) is 9.11. The summed E-state index contributed by atoms with van der Waals surface area (Å²) in [6.45, 7) is 0. The number of rotatable bonds is 4. The molecule has 2 unspecified atom stereocenters. The molecule has 0 saturated heterocycles. The number of benzene rings is 1. The molecule has 0 radical (unpaired) electrons. The topological polar surface area (TPSA) is 72.2 Å². The lowest BCUT2D eigenvalue weighted by molar-refractivity contribution is -0.384. The second kappa shape index (κ2) is 6.14. The maximum absolute atomic E-state index is 12.0. The monoisotopic (exact) mass is 326 g/mol. The Morgan fingerprint density at radius 1 is 1.37 bits per heavy atom. The summed E-state index contributed by atoms with van der Waals surface area (Å²) in [5.41, 5.74) is 0.460. The summed E-state index contributed by atoms with van der Waals surface area (Å²) in [6, 6.07) is 5.89. The third-order valence-corrected chi connectivity index (χ3v) is 4.35. The molecule has 1 aromatic rings. The summed E-state index contributed by atoms with van der Waals surface area (Å²) in [6.07, 6.45) is 3.24. The Balaban J connectivity index is 2.01. The highest BCUT2D eigenvalue weighted by atomic mass is 79.9. The summed E-state index contributed by atoms with van der Waals surface area (Å²) in [5, 5.41) is 14.4. The van der Waals surface area contributed by atoms with E-state index in [1.54, 1.807) is 0 Å². The van der Waals surface area contributed by atoms with Crippen LogP contribution in [0.3, 0.4) is 0 Å². The Kier molecular flexibility index (Phi) is 4.52. The van der Waals surface area contributed by atoms with Crippen molar-refractivity contribution in [3.05, 3.63) is 39.9 Å². The van der Waals surface area contributed by atoms with Crippen LogP contribution in [0.15, 0.2) is 24.3 Å². The van der Waals surface area contributed by atoms with Crippen LogP contribution >= 0.6 is 15.9 Å². The third kappa shape index (κ3) is 3.32. The molecule has 1 fully saturated rings. The predicted molar refractivity (Wildman–Crippen MR) is 75.5 cm³/mol. The number of hydrogen-bond donors (Lipinski definition) is 1. The van der Waals surface area contributed by atoms with Crippen LogP contribution in [0.5, 0.6) is 0 Å². The lowest BCUT2D eigenvalue weighted by Crippen LogP contribution is -2.37. The second-order valence-electron chi connectivity index (χ2n) is 4.73. The summed E-state index contributed by atoms with van der Waals surface area (Å²) < 4.78 is 0. The Morgan fingerprint density at radius 3 is 2.63 bits per heavy atom. The van der Waals surface area contributed by atoms with E-state index in [1.807, 2.05) is 0 Å². The number of nitrogens with zero attached hydrogens (tertiary/aromatic N) is 1. The summed E-state index contributed by atoms with van der Waals surface area (Å²) >= 11 is 3.46. The zero-order valence-electron chi connectivity index (χ0n) is 10.3. The molecule has 1 amide bonds. The predicted octanol–water partition coefficient (Wildman–Crippen LogP) is 2.89. The largest absolute Gasteiger partial charge is 0.349 e. The molecule has 5 nitrogen and oxygen atoms in total. The van der Waals surface area contributed by atoms with Crippen LogP contribution in [0, 0.1) is 16.0 Å². The first-order valence-electron chi connectivity index (χ1n) is 6.23. The smallest absolute Gasteiger partial charge is 0.269 e. The number of nitro groups is 1. The Morgan fingerprint density at radius 2 is 2.05 bits per heavy atom. The van der Waals surface area contributed by atoms with Crippen LogP contribution in [-0.4, -0.2) is 22.2 Å². The van der Waals surface area contributed by atoms with Gasteiger partial charge in [0.1, 0.15) is 0 Å². The fraction of sp³-hybridized carbons (Fsp3) is 0.462. The molecule has 2 rings (SSSR count). The van der Waals surface area contributed by atoms with E-state index in [1.165, 1.54) is 24.3 Å². The van der Waals surface area contributed by atoms with Gasteiger partial charge in [-0.05, 0) is 30.9 Å². The summed E-state index contributed by atoms with van der Waals surface area (Å²) in [5.74, 6) is 0.315. The van der Waals surface area contributed by atoms with E-state index in [9.17, 15) is 14.9 Å². The molecule has 0 aliphatic heterocycles. The summed E-state index contributed by atoms with van der Waals surface area (Å²) in [7, 11) is 0. The fourth-order valence-electron chi connectivity index (χ4n) is 2.40. The van der Waals surface area contributed by atoms with E-state index in [2.05, 4.69) is 21.2 Å². The van der Waals surface area contributed by atoms with Crippen molar-refractivity contribution < 1.29 is 9.72 Å². The molecule has 0 spiro atoms. The molecular formula is C13H15BrN2O3. The molecule has 19 heavy (non-hydrogen) atoms. The van der Waals surface area contributed by atoms with Gasteiger partial charge in [0.25, 0.3) is 11.6 Å². The first-order valence-corrected chi connectivity index (χ1v) is 7.35. The SMILES string of the molecule is O=C(NC1CCCC1CBr)c1ccc([N+](=O)[O-])cc1. The number of nitrogens with one attached hydrogen (secondary N) is 1. The van der Waals surface area contributed by atoms with Gasteiger partial charge in [0.2, 0.25) is 0 Å². The minimum Gasteiger partial charge on any atom is -0.349 e. The van der Waals surface area contributed by atoms with Gasteiger partial charge in [0.15, 0.2) is 0 Å². The van der Waals surface area contributed by atoms with Crippen LogP contribution in [-0.2, 0) is 0 Å². The second-order valence-corrected chi connectivity index (χ2v) is 5.38. The average molecular weight is 327 g/mol. The van der Waals surface area contributed by atoms with Crippen molar-refractivity contribution in [3.63, 3.8) is 0 Å². The van der Waals surface area contributed by atoms with E-state index in [0.29, 0.717) is 11.5 Å². The van der Waals surface area contributed by atoms with Crippen molar-refractivity contribution in [2.75, 3.05) is 5.33 Å². The van der Waals surface area contributed by atoms with E-state index >= 15 is 0 Å². The van der Waals surface area contributed by atoms with Gasteiger partial charge < -0.3 is 5.32 Å². The maximum Gasteiger partial charge on any atom is 0.269 e. The zero-order valence-corrected chi connectivity index (χ0v) is 11.9. The standard InChI is InChI=1S/C13H15BrN2O3/c14-8-10-2-1-3-12(10)15-13(17)9-4-6-11(7-5-9)16(18)19/h4-7,10,12H,1-3,8H2,(H,15,17). The van der Waals surface area contributed by atoms with Crippen LogP contribution < -0.4 is 5.32 Å². The molecule has 0 heterocycles. The number of amides is 1. The molecular weight excluding hydrogens is 312 g/mol. The van der Waals surface area contributed by atoms with Gasteiger partial charge in [-0.3, -0.25) is 14.9 Å². The number of hydrogen-bond acceptors (Lipinski definition) is 3. The quantitative estimate of drug-likeness (QED) is 0.525. The molecule has 0 aromatic heterocycles. The molecule has 2 atom stereocenters. The Labute approximate surface area is 119 Å². The van der Waals surface area contributed by atoms with E-state index < -0.39 is 4.92 Å². The Hall–Kier alpha value is -1.43. The van der Waals surface area contributed by atoms with Gasteiger partial charge in [-0.1, -0.05) is 22.4 Å². The highest BCUT2D eigenvalue weighted by Gasteiger charge is 2.27. The normalized spacial score (nSPS) is 22.2. The van der Waals surface area contributed by atoms with Crippen LogP contribution in [0.1, 0.15) is 29.6 Å². The van der Waals surface area contributed by atoms with E-state index in [0.717, 1.165) is 24.6 Å². The van der Waals surface area contributed by atoms with Gasteiger partial charge in [-0.15, -0.1) is 0 Å². The van der Waals surface area contributed by atoms with Crippen molar-refractivity contribution in [3.8, 4) is 0 Å². The highest BCUT2D eigenvalue weighted by Crippen LogP contribution is 2.27. The Bertz CT molecular complexity index is 475. The fourth-order valence-corrected chi connectivity index (χ4v) is 3.17. The minimum absolute atomic E-state index is 0.00393. The van der Waals surface area contributed by atoms with Crippen molar-refractivity contribution in [1.82, 2.24) is 5.32 Å². The number of carbonyl (C=O) groups excluding carboxylic acids is 1. The molecule has 1 saturated carbocycles. The zero-order chi connectivity index (χ0) is 13.8. The molecule has 0 bridgehead atoms. The number of alkyl halides is 1. The van der Waals surface area contributed by atoms with Gasteiger partial charge in [-0.25, -0.2) is 0 Å². The number of halogens is 1. The van der Waals surface area contributed by atoms with Crippen molar-refractivity contribution >= 4 is 27.5 Å². The molecule has 1 N–H and O–H groups in total. The van der Waals surface area contributed by atoms with Crippen LogP contribution in [0.2, 0.25) is 0 Å². The van der Waals surface area contributed by atoms with Gasteiger partial charge in [0, 0.05) is 29.1 Å². The number of non-ortho nitro benzene ring substituents is 1. The van der Waals surface area contributed by atoms with Gasteiger partial charge >= 0.3 is 0 Å². The first kappa shape index (κ1) is 14.0. The maximum atomic E-state index is 12.0. The molecule has 1 aromatic carbocycles. The van der Waals surface area contributed by atoms with E-state index in [4.69, 9.17) is 0 Å². The van der Waals surface area contributed by atoms with E-state index in [-0.39, 0.29) is 17.6 Å². The third-order valence-electron chi connectivity index (χ3n) is 3.51. The van der Waals surface area contributed by atoms with Gasteiger partial charge in [0.05, 0.1) is 4.92 Å². The van der Waals surface area contributed by atoms with Gasteiger partial charge in [-0.2, -0.15) is 0 Å². The van der Waals surface area contributed by atoms with Crippen molar-refractivity contribution in [1.29, 1.82) is 0 Å². The van der Waals surface area contributed by atoms with Crippen molar-refractivity contribution in [2.45, 2.75) is 25.3 Å². The highest BCUT2D eigenvalue weighted by molar-refractivity contribution is 9.09. The summed E-state index contributed by atoms with van der Waals surface area (Å²) in [4.78, 5) is 22.1. The number of nitro benzene ring substituents is 1. The molecule has 6 heteroatoms. The molecule has 1 aliphatic carbocycles. The van der Waals surface area contributed by atoms with Crippen LogP contribution in [0.4, 0.5) is 5.69 Å². The lowest BCUT2D eigenvalue weighted by atomic mass is 10.1.